The first-order valence-corrected chi connectivity index (χ1v) is 7.19. The molecule has 0 amide bonds. The SMILES string of the molecule is CC(C)CC(CN(C)C)NC1CCC(C)(C)C1. The second-order valence-electron chi connectivity index (χ2n) is 7.36. The van der Waals surface area contributed by atoms with E-state index >= 15 is 0 Å². The lowest BCUT2D eigenvalue weighted by molar-refractivity contribution is 0.277. The van der Waals surface area contributed by atoms with Crippen LogP contribution >= 0.6 is 0 Å². The molecule has 1 aliphatic carbocycles. The minimum Gasteiger partial charge on any atom is -0.310 e. The lowest BCUT2D eigenvalue weighted by atomic mass is 9.91. The van der Waals surface area contributed by atoms with E-state index in [-0.39, 0.29) is 0 Å². The zero-order valence-electron chi connectivity index (χ0n) is 12.7. The largest absolute Gasteiger partial charge is 0.310 e. The van der Waals surface area contributed by atoms with Crippen LogP contribution in [0.25, 0.3) is 0 Å². The molecule has 0 aromatic heterocycles. The molecule has 2 heteroatoms. The van der Waals surface area contributed by atoms with E-state index in [1.807, 2.05) is 0 Å². The molecular formula is C15H32N2. The van der Waals surface area contributed by atoms with Crippen LogP contribution in [0.5, 0.6) is 0 Å². The first kappa shape index (κ1) is 15.0. The molecule has 17 heavy (non-hydrogen) atoms. The Bertz CT molecular complexity index is 211. The summed E-state index contributed by atoms with van der Waals surface area (Å²) in [5.41, 5.74) is 0.554. The standard InChI is InChI=1S/C15H32N2/c1-12(2)9-14(11-17(5)6)16-13-7-8-15(3,4)10-13/h12-14,16H,7-11H2,1-6H3. The molecule has 2 nitrogen and oxygen atoms in total. The molecule has 1 rings (SSSR count). The van der Waals surface area contributed by atoms with Crippen LogP contribution in [-0.2, 0) is 0 Å². The third-order valence-electron chi connectivity index (χ3n) is 3.78. The van der Waals surface area contributed by atoms with Gasteiger partial charge in [-0.25, -0.2) is 0 Å². The van der Waals surface area contributed by atoms with Crippen molar-refractivity contribution in [1.29, 1.82) is 0 Å². The van der Waals surface area contributed by atoms with Crippen LogP contribution in [0.3, 0.4) is 0 Å². The summed E-state index contributed by atoms with van der Waals surface area (Å²) in [6.07, 6.45) is 5.36. The summed E-state index contributed by atoms with van der Waals surface area (Å²) in [5.74, 6) is 0.780. The molecule has 0 heterocycles. The molecule has 2 unspecified atom stereocenters. The third kappa shape index (κ3) is 5.87. The van der Waals surface area contributed by atoms with Crippen LogP contribution in [0.4, 0.5) is 0 Å². The lowest BCUT2D eigenvalue weighted by Gasteiger charge is -2.28. The number of rotatable bonds is 6. The average Bonchev–Trinajstić information content (AvgIpc) is 2.42. The quantitative estimate of drug-likeness (QED) is 0.767. The van der Waals surface area contributed by atoms with Crippen LogP contribution in [0, 0.1) is 11.3 Å². The molecule has 0 saturated heterocycles. The number of nitrogens with one attached hydrogen (secondary N) is 1. The van der Waals surface area contributed by atoms with Crippen LogP contribution in [0.15, 0.2) is 0 Å². The summed E-state index contributed by atoms with van der Waals surface area (Å²) in [4.78, 5) is 2.31. The molecule has 0 aromatic carbocycles. The van der Waals surface area contributed by atoms with Gasteiger partial charge in [-0.3, -0.25) is 0 Å². The van der Waals surface area contributed by atoms with Gasteiger partial charge in [0.15, 0.2) is 0 Å². The van der Waals surface area contributed by atoms with Gasteiger partial charge in [-0.2, -0.15) is 0 Å². The van der Waals surface area contributed by atoms with Gasteiger partial charge in [0.05, 0.1) is 0 Å². The highest BCUT2D eigenvalue weighted by molar-refractivity contribution is 4.88. The molecule has 0 radical (unpaired) electrons. The highest BCUT2D eigenvalue weighted by Crippen LogP contribution is 2.37. The van der Waals surface area contributed by atoms with Crippen molar-refractivity contribution >= 4 is 0 Å². The van der Waals surface area contributed by atoms with Gasteiger partial charge in [0, 0.05) is 18.6 Å². The summed E-state index contributed by atoms with van der Waals surface area (Å²) in [6, 6.07) is 1.40. The number of hydrogen-bond donors (Lipinski definition) is 1. The lowest BCUT2D eigenvalue weighted by Crippen LogP contribution is -2.44. The van der Waals surface area contributed by atoms with Crippen molar-refractivity contribution in [3.8, 4) is 0 Å². The predicted octanol–water partition coefficient (Wildman–Crippen LogP) is 3.13. The first-order valence-electron chi connectivity index (χ1n) is 7.19. The second kappa shape index (κ2) is 6.19. The normalized spacial score (nSPS) is 25.8. The predicted molar refractivity (Wildman–Crippen MR) is 76.4 cm³/mol. The van der Waals surface area contributed by atoms with E-state index in [0.29, 0.717) is 11.5 Å². The van der Waals surface area contributed by atoms with Gasteiger partial charge in [-0.15, -0.1) is 0 Å². The number of nitrogens with zero attached hydrogens (tertiary/aromatic N) is 1. The van der Waals surface area contributed by atoms with Crippen LogP contribution < -0.4 is 5.32 Å². The van der Waals surface area contributed by atoms with Gasteiger partial charge in [0.2, 0.25) is 0 Å². The maximum absolute atomic E-state index is 3.89. The first-order chi connectivity index (χ1) is 7.78. The van der Waals surface area contributed by atoms with E-state index in [2.05, 4.69) is 52.0 Å². The summed E-state index contributed by atoms with van der Waals surface area (Å²) in [6.45, 7) is 10.6. The molecule has 2 atom stereocenters. The van der Waals surface area contributed by atoms with Gasteiger partial charge < -0.3 is 10.2 Å². The fourth-order valence-electron chi connectivity index (χ4n) is 3.12. The zero-order valence-corrected chi connectivity index (χ0v) is 12.7. The van der Waals surface area contributed by atoms with Crippen molar-refractivity contribution in [2.24, 2.45) is 11.3 Å². The van der Waals surface area contributed by atoms with Crippen molar-refractivity contribution in [2.45, 2.75) is 65.5 Å². The Hall–Kier alpha value is -0.0800. The Morgan fingerprint density at radius 1 is 1.29 bits per heavy atom. The van der Waals surface area contributed by atoms with E-state index in [1.165, 1.54) is 25.7 Å². The maximum atomic E-state index is 3.89. The van der Waals surface area contributed by atoms with Crippen LogP contribution in [0.2, 0.25) is 0 Å². The molecule has 0 aromatic rings. The minimum absolute atomic E-state index is 0.554. The number of hydrogen-bond acceptors (Lipinski definition) is 2. The molecule has 0 spiro atoms. The smallest absolute Gasteiger partial charge is 0.0199 e. The Morgan fingerprint density at radius 3 is 2.35 bits per heavy atom. The van der Waals surface area contributed by atoms with Crippen LogP contribution in [0.1, 0.15) is 53.4 Å². The molecule has 0 bridgehead atoms. The Kier molecular flexibility index (Phi) is 5.46. The highest BCUT2D eigenvalue weighted by atomic mass is 15.1. The van der Waals surface area contributed by atoms with E-state index in [1.54, 1.807) is 0 Å². The Labute approximate surface area is 108 Å². The van der Waals surface area contributed by atoms with Gasteiger partial charge in [0.1, 0.15) is 0 Å². The molecule has 0 aliphatic heterocycles. The molecule has 1 saturated carbocycles. The van der Waals surface area contributed by atoms with Crippen molar-refractivity contribution < 1.29 is 0 Å². The van der Waals surface area contributed by atoms with E-state index in [9.17, 15) is 0 Å². The molecular weight excluding hydrogens is 208 g/mol. The molecule has 1 aliphatic rings. The fourth-order valence-corrected chi connectivity index (χ4v) is 3.12. The monoisotopic (exact) mass is 240 g/mol. The topological polar surface area (TPSA) is 15.3 Å². The van der Waals surface area contributed by atoms with Gasteiger partial charge in [-0.05, 0) is 51.1 Å². The molecule has 1 fully saturated rings. The molecule has 102 valence electrons. The zero-order chi connectivity index (χ0) is 13.1. The summed E-state index contributed by atoms with van der Waals surface area (Å²) in [7, 11) is 4.35. The van der Waals surface area contributed by atoms with Gasteiger partial charge in [0.25, 0.3) is 0 Å². The van der Waals surface area contributed by atoms with Crippen LogP contribution in [-0.4, -0.2) is 37.6 Å². The summed E-state index contributed by atoms with van der Waals surface area (Å²) >= 11 is 0. The van der Waals surface area contributed by atoms with Crippen molar-refractivity contribution in [3.63, 3.8) is 0 Å². The third-order valence-corrected chi connectivity index (χ3v) is 3.78. The number of likely N-dealkylation sites (N-methyl/N-ethyl adjacent to an activating group) is 1. The second-order valence-corrected chi connectivity index (χ2v) is 7.36. The molecule has 1 N–H and O–H groups in total. The van der Waals surface area contributed by atoms with Crippen molar-refractivity contribution in [2.75, 3.05) is 20.6 Å². The fraction of sp³-hybridized carbons (Fsp3) is 1.00. The highest BCUT2D eigenvalue weighted by Gasteiger charge is 2.31. The van der Waals surface area contributed by atoms with E-state index < -0.39 is 0 Å². The minimum atomic E-state index is 0.554. The van der Waals surface area contributed by atoms with Crippen molar-refractivity contribution in [3.05, 3.63) is 0 Å². The van der Waals surface area contributed by atoms with Gasteiger partial charge in [-0.1, -0.05) is 27.7 Å². The van der Waals surface area contributed by atoms with E-state index in [4.69, 9.17) is 0 Å². The maximum Gasteiger partial charge on any atom is 0.0199 e. The Balaban J connectivity index is 2.43. The Morgan fingerprint density at radius 2 is 1.94 bits per heavy atom. The van der Waals surface area contributed by atoms with Crippen molar-refractivity contribution in [1.82, 2.24) is 10.2 Å². The van der Waals surface area contributed by atoms with Gasteiger partial charge >= 0.3 is 0 Å². The van der Waals surface area contributed by atoms with E-state index in [0.717, 1.165) is 18.5 Å². The average molecular weight is 240 g/mol. The summed E-state index contributed by atoms with van der Waals surface area (Å²) < 4.78 is 0. The summed E-state index contributed by atoms with van der Waals surface area (Å²) in [5, 5.41) is 3.89.